The number of allylic oxidation sites excluding steroid dienone is 1. The second kappa shape index (κ2) is 10.7. The highest BCUT2D eigenvalue weighted by atomic mass is 16.6. The van der Waals surface area contributed by atoms with Crippen LogP contribution in [0.2, 0.25) is 0 Å². The molecule has 34 heavy (non-hydrogen) atoms. The van der Waals surface area contributed by atoms with E-state index in [4.69, 9.17) is 14.2 Å². The summed E-state index contributed by atoms with van der Waals surface area (Å²) in [5.74, 6) is -0.0962. The fourth-order valence-electron chi connectivity index (χ4n) is 6.64. The van der Waals surface area contributed by atoms with Crippen LogP contribution in [0.5, 0.6) is 0 Å². The van der Waals surface area contributed by atoms with Crippen molar-refractivity contribution < 1.29 is 28.6 Å². The summed E-state index contributed by atoms with van der Waals surface area (Å²) in [6.07, 6.45) is 5.67. The number of rotatable bonds is 5. The van der Waals surface area contributed by atoms with Gasteiger partial charge in [-0.05, 0) is 61.9 Å². The van der Waals surface area contributed by atoms with Gasteiger partial charge in [-0.3, -0.25) is 14.4 Å². The van der Waals surface area contributed by atoms with Crippen molar-refractivity contribution in [2.24, 2.45) is 29.1 Å². The molecule has 2 fully saturated rings. The van der Waals surface area contributed by atoms with Gasteiger partial charge in [0.1, 0.15) is 18.3 Å². The molecule has 6 heteroatoms. The molecule has 0 aromatic rings. The predicted octanol–water partition coefficient (Wildman–Crippen LogP) is 5.55. The van der Waals surface area contributed by atoms with Gasteiger partial charge in [-0.1, -0.05) is 45.9 Å². The van der Waals surface area contributed by atoms with E-state index < -0.39 is 0 Å². The van der Waals surface area contributed by atoms with Crippen LogP contribution in [0.3, 0.4) is 0 Å². The fourth-order valence-corrected chi connectivity index (χ4v) is 6.64. The van der Waals surface area contributed by atoms with Crippen LogP contribution in [0.1, 0.15) is 86.5 Å². The minimum atomic E-state index is -0.382. The third-order valence-corrected chi connectivity index (χ3v) is 8.70. The maximum atomic E-state index is 12.4. The Morgan fingerprint density at radius 1 is 1.09 bits per heavy atom. The van der Waals surface area contributed by atoms with Crippen LogP contribution in [-0.4, -0.2) is 36.2 Å². The van der Waals surface area contributed by atoms with Crippen LogP contribution in [0.4, 0.5) is 0 Å². The summed E-state index contributed by atoms with van der Waals surface area (Å²) in [7, 11) is 0. The lowest BCUT2D eigenvalue weighted by Gasteiger charge is -2.50. The first-order valence-electron chi connectivity index (χ1n) is 12.9. The van der Waals surface area contributed by atoms with Gasteiger partial charge < -0.3 is 14.2 Å². The first-order chi connectivity index (χ1) is 16.0. The minimum absolute atomic E-state index is 0.0730. The molecule has 2 bridgehead atoms. The van der Waals surface area contributed by atoms with E-state index in [9.17, 15) is 14.4 Å². The van der Waals surface area contributed by atoms with Gasteiger partial charge in [0.05, 0.1) is 0 Å². The Labute approximate surface area is 204 Å². The summed E-state index contributed by atoms with van der Waals surface area (Å²) < 4.78 is 17.8. The molecule has 0 spiro atoms. The zero-order valence-corrected chi connectivity index (χ0v) is 21.7. The van der Waals surface area contributed by atoms with Crippen molar-refractivity contribution in [1.82, 2.24) is 0 Å². The molecular formula is C28H42O6. The Bertz CT molecular complexity index is 844. The molecular weight excluding hydrogens is 432 g/mol. The second-order valence-corrected chi connectivity index (χ2v) is 10.8. The molecule has 3 aliphatic rings. The number of hydrogen-bond donors (Lipinski definition) is 0. The van der Waals surface area contributed by atoms with Crippen molar-refractivity contribution in [3.63, 3.8) is 0 Å². The normalized spacial score (nSPS) is 37.8. The largest absolute Gasteiger partial charge is 0.462 e. The SMILES string of the molecule is C=C1C2CC(OC(=O)CC)C(C)=CCC(OC(C)=O)C(C)C3CCC(C)(C(OC(=O)CC)C2)C13. The first kappa shape index (κ1) is 26.5. The van der Waals surface area contributed by atoms with Gasteiger partial charge in [-0.25, -0.2) is 0 Å². The van der Waals surface area contributed by atoms with Crippen molar-refractivity contribution in [1.29, 1.82) is 0 Å². The lowest BCUT2D eigenvalue weighted by atomic mass is 9.58. The van der Waals surface area contributed by atoms with Crippen LogP contribution in [0.15, 0.2) is 23.8 Å². The monoisotopic (exact) mass is 474 g/mol. The quantitative estimate of drug-likeness (QED) is 0.295. The Kier molecular flexibility index (Phi) is 8.30. The lowest BCUT2D eigenvalue weighted by molar-refractivity contribution is -0.163. The predicted molar refractivity (Wildman–Crippen MR) is 130 cm³/mol. The number of hydrogen-bond acceptors (Lipinski definition) is 6. The standard InChI is InChI=1S/C28H42O6/c1-8-25(30)33-23-14-20-15-24(34-26(31)9-2)28(7)13-12-21(27(28)17(20)4)18(5)22(32-19(6)29)11-10-16(23)3/h10,18,20-24,27H,4,8-9,11-15H2,1-3,5-7H3. The highest BCUT2D eigenvalue weighted by Gasteiger charge is 2.58. The second-order valence-electron chi connectivity index (χ2n) is 10.8. The van der Waals surface area contributed by atoms with E-state index in [1.165, 1.54) is 6.92 Å². The van der Waals surface area contributed by atoms with Gasteiger partial charge in [-0.2, -0.15) is 0 Å². The number of carbonyl (C=O) groups is 3. The Balaban J connectivity index is 2.07. The zero-order chi connectivity index (χ0) is 25.2. The minimum Gasteiger partial charge on any atom is -0.462 e. The van der Waals surface area contributed by atoms with Gasteiger partial charge in [0.25, 0.3) is 0 Å². The van der Waals surface area contributed by atoms with E-state index in [1.54, 1.807) is 6.92 Å². The smallest absolute Gasteiger partial charge is 0.306 e. The molecule has 0 aliphatic heterocycles. The Hall–Kier alpha value is -2.11. The van der Waals surface area contributed by atoms with E-state index >= 15 is 0 Å². The van der Waals surface area contributed by atoms with Crippen LogP contribution in [0.25, 0.3) is 0 Å². The molecule has 0 radical (unpaired) electrons. The van der Waals surface area contributed by atoms with Crippen molar-refractivity contribution in [2.45, 2.75) is 105 Å². The molecule has 0 heterocycles. The third-order valence-electron chi connectivity index (χ3n) is 8.70. The topological polar surface area (TPSA) is 78.9 Å². The van der Waals surface area contributed by atoms with Crippen molar-refractivity contribution >= 4 is 17.9 Å². The molecule has 0 N–H and O–H groups in total. The molecule has 3 rings (SSSR count). The van der Waals surface area contributed by atoms with E-state index in [0.29, 0.717) is 32.1 Å². The molecule has 8 atom stereocenters. The first-order valence-corrected chi connectivity index (χ1v) is 12.9. The van der Waals surface area contributed by atoms with Gasteiger partial charge >= 0.3 is 17.9 Å². The van der Waals surface area contributed by atoms with Crippen LogP contribution >= 0.6 is 0 Å². The average Bonchev–Trinajstić information content (AvgIpc) is 3.15. The molecule has 3 aliphatic carbocycles. The van der Waals surface area contributed by atoms with Crippen LogP contribution in [-0.2, 0) is 28.6 Å². The van der Waals surface area contributed by atoms with Gasteiger partial charge in [0.2, 0.25) is 0 Å². The van der Waals surface area contributed by atoms with Gasteiger partial charge in [-0.15, -0.1) is 0 Å². The summed E-state index contributed by atoms with van der Waals surface area (Å²) in [4.78, 5) is 36.6. The molecule has 0 aromatic carbocycles. The summed E-state index contributed by atoms with van der Waals surface area (Å²) in [5, 5.41) is 0. The summed E-state index contributed by atoms with van der Waals surface area (Å²) >= 11 is 0. The highest BCUT2D eigenvalue weighted by Crippen LogP contribution is 2.61. The highest BCUT2D eigenvalue weighted by molar-refractivity contribution is 5.69. The molecule has 0 aromatic heterocycles. The van der Waals surface area contributed by atoms with Crippen molar-refractivity contribution in [2.75, 3.05) is 0 Å². The van der Waals surface area contributed by atoms with Crippen molar-refractivity contribution in [3.8, 4) is 0 Å². The molecule has 190 valence electrons. The molecule has 2 saturated carbocycles. The summed E-state index contributed by atoms with van der Waals surface area (Å²) in [6.45, 7) is 16.0. The molecule has 0 saturated heterocycles. The number of fused-ring (bicyclic) bond motifs is 1. The van der Waals surface area contributed by atoms with Crippen LogP contribution in [0, 0.1) is 29.1 Å². The Morgan fingerprint density at radius 2 is 1.74 bits per heavy atom. The van der Waals surface area contributed by atoms with E-state index in [0.717, 1.165) is 24.0 Å². The molecule has 0 amide bonds. The maximum Gasteiger partial charge on any atom is 0.306 e. The molecule has 8 unspecified atom stereocenters. The fraction of sp³-hybridized carbons (Fsp3) is 0.750. The van der Waals surface area contributed by atoms with Gasteiger partial charge in [0.15, 0.2) is 0 Å². The maximum absolute atomic E-state index is 12.4. The zero-order valence-electron chi connectivity index (χ0n) is 21.7. The van der Waals surface area contributed by atoms with Crippen molar-refractivity contribution in [3.05, 3.63) is 23.8 Å². The third kappa shape index (κ3) is 5.26. The number of ether oxygens (including phenoxy) is 3. The lowest BCUT2D eigenvalue weighted by Crippen LogP contribution is -2.49. The van der Waals surface area contributed by atoms with E-state index in [-0.39, 0.29) is 65.3 Å². The van der Waals surface area contributed by atoms with Crippen LogP contribution < -0.4 is 0 Å². The van der Waals surface area contributed by atoms with E-state index in [1.807, 2.05) is 13.8 Å². The van der Waals surface area contributed by atoms with Gasteiger partial charge in [0, 0.05) is 31.6 Å². The van der Waals surface area contributed by atoms with E-state index in [2.05, 4.69) is 26.5 Å². The number of carbonyl (C=O) groups excluding carboxylic acids is 3. The summed E-state index contributed by atoms with van der Waals surface area (Å²) in [6, 6.07) is 0. The Morgan fingerprint density at radius 3 is 2.35 bits per heavy atom. The average molecular weight is 475 g/mol. The summed E-state index contributed by atoms with van der Waals surface area (Å²) in [5.41, 5.74) is 1.92. The molecule has 6 nitrogen and oxygen atoms in total. The number of esters is 3.